The lowest BCUT2D eigenvalue weighted by atomic mass is 9.84. The minimum Gasteiger partial charge on any atom is -0.504 e. The van der Waals surface area contributed by atoms with Crippen LogP contribution >= 0.6 is 11.6 Å². The molecule has 13 nitrogen and oxygen atoms in total. The molecule has 1 saturated heterocycles. The molecule has 3 aliphatic rings. The van der Waals surface area contributed by atoms with Crippen molar-refractivity contribution in [2.45, 2.75) is 54.1 Å². The molecule has 1 aliphatic carbocycles. The predicted octanol–water partition coefficient (Wildman–Crippen LogP) is -2.11. The summed E-state index contributed by atoms with van der Waals surface area (Å²) in [5.41, 5.74) is -2.24. The van der Waals surface area contributed by atoms with Crippen LogP contribution in [0, 0.1) is 11.8 Å². The van der Waals surface area contributed by atoms with E-state index in [9.17, 15) is 45.6 Å². The Morgan fingerprint density at radius 2 is 1.78 bits per heavy atom. The highest BCUT2D eigenvalue weighted by Gasteiger charge is 2.65. The van der Waals surface area contributed by atoms with E-state index in [1.54, 1.807) is 0 Å². The number of halogens is 1. The number of alkyl halides is 1. The summed E-state index contributed by atoms with van der Waals surface area (Å²) >= 11 is 6.46. The number of fused-ring (bicyclic) bond motifs is 1. The maximum atomic E-state index is 12.7. The molecule has 2 fully saturated rings. The highest BCUT2D eigenvalue weighted by atomic mass is 35.5. The van der Waals surface area contributed by atoms with Crippen molar-refractivity contribution in [3.63, 3.8) is 0 Å². The molecule has 0 amide bonds. The quantitative estimate of drug-likeness (QED) is 0.111. The van der Waals surface area contributed by atoms with Gasteiger partial charge in [-0.3, -0.25) is 0 Å². The molecule has 11 atom stereocenters. The van der Waals surface area contributed by atoms with E-state index >= 15 is 0 Å². The Kier molecular flexibility index (Phi) is 7.67. The smallest absolute Gasteiger partial charge is 0.338 e. The number of phenols is 2. The molecule has 0 aromatic heterocycles. The Balaban J connectivity index is 1.57. The lowest BCUT2D eigenvalue weighted by molar-refractivity contribution is -0.347. The minimum absolute atomic E-state index is 0.115. The van der Waals surface area contributed by atoms with Crippen molar-refractivity contribution in [3.05, 3.63) is 36.1 Å². The van der Waals surface area contributed by atoms with Crippen molar-refractivity contribution < 1.29 is 64.6 Å². The summed E-state index contributed by atoms with van der Waals surface area (Å²) in [5.74, 6) is -3.98. The zero-order valence-corrected chi connectivity index (χ0v) is 19.3. The molecule has 36 heavy (non-hydrogen) atoms. The van der Waals surface area contributed by atoms with Gasteiger partial charge in [0.25, 0.3) is 0 Å². The van der Waals surface area contributed by atoms with Crippen LogP contribution in [0.5, 0.6) is 11.5 Å². The monoisotopic (exact) mass is 534 g/mol. The van der Waals surface area contributed by atoms with Gasteiger partial charge in [0.2, 0.25) is 6.29 Å². The zero-order valence-electron chi connectivity index (χ0n) is 18.6. The van der Waals surface area contributed by atoms with E-state index in [4.69, 9.17) is 30.5 Å². The van der Waals surface area contributed by atoms with Gasteiger partial charge in [-0.25, -0.2) is 4.79 Å². The van der Waals surface area contributed by atoms with Gasteiger partial charge in [0.05, 0.1) is 31.0 Å². The molecule has 4 rings (SSSR count). The fourth-order valence-corrected chi connectivity index (χ4v) is 5.18. The lowest BCUT2D eigenvalue weighted by Crippen LogP contribution is -2.61. The van der Waals surface area contributed by atoms with Crippen LogP contribution in [0.25, 0.3) is 0 Å². The van der Waals surface area contributed by atoms with Crippen molar-refractivity contribution in [2.75, 3.05) is 13.2 Å². The third-order valence-electron chi connectivity index (χ3n) is 6.77. The van der Waals surface area contributed by atoms with Crippen LogP contribution in [0.4, 0.5) is 0 Å². The van der Waals surface area contributed by atoms with Crippen LogP contribution in [-0.2, 0) is 18.9 Å². The van der Waals surface area contributed by atoms with E-state index in [0.717, 1.165) is 12.1 Å². The largest absolute Gasteiger partial charge is 0.504 e. The number of aliphatic hydroxyl groups is 6. The molecule has 1 saturated carbocycles. The molecule has 1 aromatic carbocycles. The fourth-order valence-electron chi connectivity index (χ4n) is 4.75. The van der Waals surface area contributed by atoms with E-state index in [0.29, 0.717) is 0 Å². The lowest BCUT2D eigenvalue weighted by Gasteiger charge is -2.43. The van der Waals surface area contributed by atoms with Gasteiger partial charge in [-0.15, -0.1) is 11.6 Å². The second-order valence-corrected chi connectivity index (χ2v) is 9.36. The molecule has 200 valence electrons. The van der Waals surface area contributed by atoms with Gasteiger partial charge < -0.3 is 59.8 Å². The number of esters is 1. The van der Waals surface area contributed by atoms with Crippen LogP contribution < -0.4 is 0 Å². The Labute approximate surface area is 209 Å². The molecule has 2 heterocycles. The molecule has 1 aromatic rings. The maximum absolute atomic E-state index is 12.7. The first kappa shape index (κ1) is 26.9. The number of aliphatic hydroxyl groups excluding tert-OH is 5. The van der Waals surface area contributed by atoms with Crippen LogP contribution in [-0.4, -0.2) is 114 Å². The average molecular weight is 535 g/mol. The number of benzene rings is 1. The average Bonchev–Trinajstić information content (AvgIpc) is 3.08. The number of hydrogen-bond acceptors (Lipinski definition) is 13. The standard InChI is InChI=1S/C22H27ClO13/c23-18-17(35-19(31)8-1-2-10(26)11(27)5-8)9-3-4-33-20(13(9)22(18,32)7-25)36-21-16(30)15(29)14(28)12(6-24)34-21/h1-5,9,12-18,20-21,24-30,32H,6-7H2/t9-,12+,13-,14+,15-,16+,17+,18-,20+,21-,22-/m1/s1. The molecule has 0 radical (unpaired) electrons. The van der Waals surface area contributed by atoms with Crippen molar-refractivity contribution in [3.8, 4) is 11.5 Å². The Morgan fingerprint density at radius 3 is 2.42 bits per heavy atom. The third-order valence-corrected chi connectivity index (χ3v) is 7.39. The second kappa shape index (κ2) is 10.3. The van der Waals surface area contributed by atoms with Gasteiger partial charge in [0, 0.05) is 5.92 Å². The third kappa shape index (κ3) is 4.51. The van der Waals surface area contributed by atoms with E-state index in [1.165, 1.54) is 18.4 Å². The van der Waals surface area contributed by atoms with Crippen molar-refractivity contribution in [1.29, 1.82) is 0 Å². The number of ether oxygens (including phenoxy) is 4. The Bertz CT molecular complexity index is 989. The highest BCUT2D eigenvalue weighted by molar-refractivity contribution is 6.22. The first-order valence-electron chi connectivity index (χ1n) is 11.0. The molecule has 14 heteroatoms. The molecular weight excluding hydrogens is 508 g/mol. The number of hydrogen-bond donors (Lipinski definition) is 8. The van der Waals surface area contributed by atoms with Crippen molar-refractivity contribution in [1.82, 2.24) is 0 Å². The fraction of sp³-hybridized carbons (Fsp3) is 0.591. The maximum Gasteiger partial charge on any atom is 0.338 e. The highest BCUT2D eigenvalue weighted by Crippen LogP contribution is 2.50. The summed E-state index contributed by atoms with van der Waals surface area (Å²) in [5, 5.41) is 78.8. The summed E-state index contributed by atoms with van der Waals surface area (Å²) in [4.78, 5) is 12.7. The van der Waals surface area contributed by atoms with Crippen molar-refractivity contribution >= 4 is 17.6 Å². The van der Waals surface area contributed by atoms with Gasteiger partial charge in [0.1, 0.15) is 41.5 Å². The van der Waals surface area contributed by atoms with Gasteiger partial charge in [-0.2, -0.15) is 0 Å². The topological polar surface area (TPSA) is 216 Å². The molecular formula is C22H27ClO13. The number of rotatable bonds is 6. The zero-order chi connectivity index (χ0) is 26.4. The number of carbonyl (C=O) groups excluding carboxylic acids is 1. The van der Waals surface area contributed by atoms with Gasteiger partial charge in [-0.05, 0) is 24.3 Å². The Hall–Kier alpha value is -2.20. The van der Waals surface area contributed by atoms with Crippen LogP contribution in [0.1, 0.15) is 10.4 Å². The summed E-state index contributed by atoms with van der Waals surface area (Å²) < 4.78 is 22.0. The van der Waals surface area contributed by atoms with Crippen LogP contribution in [0.2, 0.25) is 0 Å². The van der Waals surface area contributed by atoms with Crippen molar-refractivity contribution in [2.24, 2.45) is 11.8 Å². The summed E-state index contributed by atoms with van der Waals surface area (Å²) in [6, 6.07) is 3.27. The number of aromatic hydroxyl groups is 2. The first-order chi connectivity index (χ1) is 17.0. The second-order valence-electron chi connectivity index (χ2n) is 8.89. The van der Waals surface area contributed by atoms with E-state index < -0.39 is 96.6 Å². The SMILES string of the molecule is O=C(O[C@H]1[C@@H]2C=CO[C@@H](O[C@H]3O[C@@H](CO)[C@H](O)[C@@H](O)[C@@H]3O)[C@@H]2[C@](O)(CO)[C@@H]1Cl)c1ccc(O)c(O)c1. The molecule has 0 bridgehead atoms. The van der Waals surface area contributed by atoms with Gasteiger partial charge in [0.15, 0.2) is 17.8 Å². The summed E-state index contributed by atoms with van der Waals surface area (Å²) in [6.07, 6.45) is -8.05. The first-order valence-corrected chi connectivity index (χ1v) is 11.5. The summed E-state index contributed by atoms with van der Waals surface area (Å²) in [6.45, 7) is -1.60. The van der Waals surface area contributed by atoms with E-state index in [-0.39, 0.29) is 5.56 Å². The molecule has 8 N–H and O–H groups in total. The minimum atomic E-state index is -2.13. The predicted molar refractivity (Wildman–Crippen MR) is 116 cm³/mol. The number of phenolic OH excluding ortho intramolecular Hbond substituents is 2. The number of carbonyl (C=O) groups is 1. The Morgan fingerprint density at radius 1 is 1.06 bits per heavy atom. The van der Waals surface area contributed by atoms with Crippen LogP contribution in [0.3, 0.4) is 0 Å². The van der Waals surface area contributed by atoms with Gasteiger partial charge in [-0.1, -0.05) is 0 Å². The van der Waals surface area contributed by atoms with Gasteiger partial charge >= 0.3 is 5.97 Å². The summed E-state index contributed by atoms with van der Waals surface area (Å²) in [7, 11) is 0. The van der Waals surface area contributed by atoms with E-state index in [1.807, 2.05) is 0 Å². The van der Waals surface area contributed by atoms with Crippen LogP contribution in [0.15, 0.2) is 30.5 Å². The molecule has 2 aliphatic heterocycles. The molecule has 0 spiro atoms. The van der Waals surface area contributed by atoms with E-state index in [2.05, 4.69) is 0 Å². The normalized spacial score (nSPS) is 42.0. The molecule has 0 unspecified atom stereocenters.